The summed E-state index contributed by atoms with van der Waals surface area (Å²) < 4.78 is 20.2. The summed E-state index contributed by atoms with van der Waals surface area (Å²) in [5.41, 5.74) is 3.60. The number of aromatic nitrogens is 3. The van der Waals surface area contributed by atoms with Crippen LogP contribution in [0.5, 0.6) is 0 Å². The van der Waals surface area contributed by atoms with E-state index in [0.29, 0.717) is 35.5 Å². The molecule has 4 rings (SSSR count). The van der Waals surface area contributed by atoms with Gasteiger partial charge in [0.05, 0.1) is 31.0 Å². The van der Waals surface area contributed by atoms with E-state index in [-0.39, 0.29) is 18.4 Å². The lowest BCUT2D eigenvalue weighted by molar-refractivity contribution is 0.0934. The molecule has 1 N–H and O–H groups in total. The number of hydrogen-bond acceptors (Lipinski definition) is 4. The molecule has 0 aliphatic carbocycles. The van der Waals surface area contributed by atoms with Crippen LogP contribution in [0.2, 0.25) is 0 Å². The molecule has 0 saturated heterocycles. The zero-order valence-electron chi connectivity index (χ0n) is 18.1. The molecule has 164 valence electrons. The molecule has 6 nitrogen and oxygen atoms in total. The van der Waals surface area contributed by atoms with Crippen LogP contribution in [0, 0.1) is 5.82 Å². The molecule has 1 aromatic carbocycles. The fourth-order valence-electron chi connectivity index (χ4n) is 3.69. The summed E-state index contributed by atoms with van der Waals surface area (Å²) in [6, 6.07) is 9.38. The number of fused-ring (bicyclic) bond motifs is 1. The zero-order valence-corrected chi connectivity index (χ0v) is 18.1. The fraction of sp³-hybridized carbons (Fsp3) is 0.240. The van der Waals surface area contributed by atoms with Gasteiger partial charge in [-0.2, -0.15) is 5.10 Å². The largest absolute Gasteiger partial charge is 0.376 e. The Morgan fingerprint density at radius 2 is 2.22 bits per heavy atom. The van der Waals surface area contributed by atoms with Crippen molar-refractivity contribution >= 4 is 18.1 Å². The maximum atomic E-state index is 13.3. The molecule has 0 bridgehead atoms. The predicted molar refractivity (Wildman–Crippen MR) is 121 cm³/mol. The van der Waals surface area contributed by atoms with Crippen LogP contribution in [-0.2, 0) is 11.3 Å². The molecule has 1 aliphatic heterocycles. The van der Waals surface area contributed by atoms with Gasteiger partial charge in [-0.15, -0.1) is 0 Å². The van der Waals surface area contributed by atoms with Crippen LogP contribution in [0.15, 0.2) is 54.9 Å². The fourth-order valence-corrected chi connectivity index (χ4v) is 3.69. The summed E-state index contributed by atoms with van der Waals surface area (Å²) >= 11 is 0. The molecule has 7 heteroatoms. The van der Waals surface area contributed by atoms with Gasteiger partial charge in [-0.05, 0) is 59.2 Å². The quantitative estimate of drug-likeness (QED) is 0.673. The van der Waals surface area contributed by atoms with E-state index >= 15 is 0 Å². The molecule has 1 aliphatic rings. The maximum absolute atomic E-state index is 13.3. The highest BCUT2D eigenvalue weighted by Crippen LogP contribution is 2.27. The van der Waals surface area contributed by atoms with E-state index in [1.165, 1.54) is 10.9 Å². The van der Waals surface area contributed by atoms with Gasteiger partial charge in [0, 0.05) is 18.0 Å². The third-order valence-electron chi connectivity index (χ3n) is 5.42. The number of halogens is 1. The number of hydrogen-bond donors (Lipinski definition) is 1. The van der Waals surface area contributed by atoms with Gasteiger partial charge in [-0.1, -0.05) is 25.6 Å². The summed E-state index contributed by atoms with van der Waals surface area (Å²) in [4.78, 5) is 17.3. The van der Waals surface area contributed by atoms with Crippen molar-refractivity contribution in [3.8, 4) is 5.82 Å². The van der Waals surface area contributed by atoms with E-state index in [1.54, 1.807) is 6.07 Å². The van der Waals surface area contributed by atoms with Crippen LogP contribution in [0.1, 0.15) is 41.3 Å². The standard InChI is InChI=1S/C25H25FN4O2/c1-4-18-7-8-24(30-13-21(26)12-28-30)29-23(18)9-16(2)11-27-25(31)19-5-6-20-15-32-14-17(3)22(20)10-19/h4-10,12-13,17H,2,11,14-15H2,1,3H3,(H,27,31)/b18-4-,23-9+. The van der Waals surface area contributed by atoms with E-state index in [0.717, 1.165) is 22.5 Å². The van der Waals surface area contributed by atoms with Gasteiger partial charge in [0.25, 0.3) is 5.91 Å². The average molecular weight is 432 g/mol. The van der Waals surface area contributed by atoms with Crippen molar-refractivity contribution in [2.24, 2.45) is 0 Å². The molecule has 3 aromatic rings. The van der Waals surface area contributed by atoms with Gasteiger partial charge in [0.2, 0.25) is 0 Å². The van der Waals surface area contributed by atoms with Gasteiger partial charge < -0.3 is 10.1 Å². The molecule has 0 saturated carbocycles. The van der Waals surface area contributed by atoms with Gasteiger partial charge in [0.15, 0.2) is 11.6 Å². The number of carbonyl (C=O) groups is 1. The van der Waals surface area contributed by atoms with E-state index in [4.69, 9.17) is 4.74 Å². The molecule has 2 aromatic heterocycles. The lowest BCUT2D eigenvalue weighted by atomic mass is 9.92. The second-order valence-corrected chi connectivity index (χ2v) is 7.85. The molecule has 0 fully saturated rings. The number of amides is 1. The first-order valence-electron chi connectivity index (χ1n) is 10.5. The van der Waals surface area contributed by atoms with Crippen LogP contribution in [-0.4, -0.2) is 33.8 Å². The first-order valence-corrected chi connectivity index (χ1v) is 10.5. The Bertz CT molecular complexity index is 1300. The Morgan fingerprint density at radius 3 is 2.97 bits per heavy atom. The van der Waals surface area contributed by atoms with E-state index < -0.39 is 5.82 Å². The van der Waals surface area contributed by atoms with Crippen LogP contribution >= 0.6 is 0 Å². The van der Waals surface area contributed by atoms with Crippen molar-refractivity contribution in [2.75, 3.05) is 13.2 Å². The van der Waals surface area contributed by atoms with E-state index in [9.17, 15) is 9.18 Å². The van der Waals surface area contributed by atoms with Crippen molar-refractivity contribution in [3.63, 3.8) is 0 Å². The molecule has 32 heavy (non-hydrogen) atoms. The van der Waals surface area contributed by atoms with E-state index in [2.05, 4.69) is 28.9 Å². The minimum absolute atomic E-state index is 0.156. The molecule has 1 amide bonds. The minimum atomic E-state index is -0.431. The molecule has 1 atom stereocenters. The number of nitrogens with one attached hydrogen (secondary N) is 1. The minimum Gasteiger partial charge on any atom is -0.376 e. The summed E-state index contributed by atoms with van der Waals surface area (Å²) in [6.45, 7) is 9.59. The Balaban J connectivity index is 1.50. The van der Waals surface area contributed by atoms with Crippen molar-refractivity contribution in [2.45, 2.75) is 26.4 Å². The van der Waals surface area contributed by atoms with Gasteiger partial charge in [-0.3, -0.25) is 4.79 Å². The van der Waals surface area contributed by atoms with Crippen molar-refractivity contribution in [3.05, 3.63) is 88.0 Å². The zero-order chi connectivity index (χ0) is 22.7. The lowest BCUT2D eigenvalue weighted by Gasteiger charge is -2.23. The summed E-state index contributed by atoms with van der Waals surface area (Å²) in [7, 11) is 0. The number of benzene rings is 1. The van der Waals surface area contributed by atoms with Crippen LogP contribution < -0.4 is 15.9 Å². The number of nitrogens with zero attached hydrogens (tertiary/aromatic N) is 3. The normalized spacial score (nSPS) is 16.7. The van der Waals surface area contributed by atoms with Gasteiger partial charge in [-0.25, -0.2) is 14.1 Å². The summed E-state index contributed by atoms with van der Waals surface area (Å²) in [5, 5.41) is 8.45. The van der Waals surface area contributed by atoms with Crippen LogP contribution in [0.3, 0.4) is 0 Å². The second-order valence-electron chi connectivity index (χ2n) is 7.85. The Morgan fingerprint density at radius 1 is 1.38 bits per heavy atom. The molecule has 0 spiro atoms. The second kappa shape index (κ2) is 9.28. The highest BCUT2D eigenvalue weighted by Gasteiger charge is 2.18. The summed E-state index contributed by atoms with van der Waals surface area (Å²) in [5.74, 6) is 0.173. The van der Waals surface area contributed by atoms with Crippen molar-refractivity contribution < 1.29 is 13.9 Å². The molecular formula is C25H25FN4O2. The molecule has 1 unspecified atom stereocenters. The average Bonchev–Trinajstić information content (AvgIpc) is 3.24. The van der Waals surface area contributed by atoms with Crippen molar-refractivity contribution in [1.82, 2.24) is 20.1 Å². The lowest BCUT2D eigenvalue weighted by Crippen LogP contribution is -2.31. The number of rotatable bonds is 5. The van der Waals surface area contributed by atoms with Crippen LogP contribution in [0.4, 0.5) is 4.39 Å². The monoisotopic (exact) mass is 432 g/mol. The number of ether oxygens (including phenoxy) is 1. The molecule has 3 heterocycles. The highest BCUT2D eigenvalue weighted by molar-refractivity contribution is 5.94. The predicted octanol–water partition coefficient (Wildman–Crippen LogP) is 2.61. The first kappa shape index (κ1) is 21.6. The smallest absolute Gasteiger partial charge is 0.251 e. The highest BCUT2D eigenvalue weighted by atomic mass is 19.1. The van der Waals surface area contributed by atoms with Gasteiger partial charge >= 0.3 is 0 Å². The third kappa shape index (κ3) is 4.68. The molecule has 0 radical (unpaired) electrons. The maximum Gasteiger partial charge on any atom is 0.251 e. The van der Waals surface area contributed by atoms with Crippen LogP contribution in [0.25, 0.3) is 18.0 Å². The van der Waals surface area contributed by atoms with Gasteiger partial charge in [0.1, 0.15) is 0 Å². The Labute approximate surface area is 185 Å². The Kier molecular flexibility index (Phi) is 6.28. The molecular weight excluding hydrogens is 407 g/mol. The Hall–Kier alpha value is -3.58. The number of carbonyl (C=O) groups excluding carboxylic acids is 1. The third-order valence-corrected chi connectivity index (χ3v) is 5.42. The topological polar surface area (TPSA) is 69.0 Å². The first-order chi connectivity index (χ1) is 15.4. The van der Waals surface area contributed by atoms with Crippen molar-refractivity contribution in [1.29, 1.82) is 0 Å². The number of pyridine rings is 1. The summed E-state index contributed by atoms with van der Waals surface area (Å²) in [6.07, 6.45) is 6.14. The SMILES string of the molecule is C=C(/C=c1/nc(-n2cc(F)cn2)cc/c1=C/C)CNC(=O)c1ccc2c(c1)C(C)COC2. The van der Waals surface area contributed by atoms with E-state index in [1.807, 2.05) is 43.3 Å².